The Morgan fingerprint density at radius 2 is 2.04 bits per heavy atom. The van der Waals surface area contributed by atoms with Crippen LogP contribution >= 0.6 is 12.2 Å². The fourth-order valence-corrected chi connectivity index (χ4v) is 2.94. The summed E-state index contributed by atoms with van der Waals surface area (Å²) in [5.41, 5.74) is 2.02. The number of H-pyrrole nitrogens is 1. The van der Waals surface area contributed by atoms with Gasteiger partial charge in [-0.05, 0) is 50.3 Å². The van der Waals surface area contributed by atoms with Crippen LogP contribution in [0.25, 0.3) is 11.4 Å². The first-order valence-electron chi connectivity index (χ1n) is 8.59. The van der Waals surface area contributed by atoms with Gasteiger partial charge in [0.1, 0.15) is 11.6 Å². The molecule has 6 nitrogen and oxygen atoms in total. The summed E-state index contributed by atoms with van der Waals surface area (Å²) >= 11 is 5.21. The second-order valence-corrected chi connectivity index (χ2v) is 6.22. The Bertz CT molecular complexity index is 1020. The molecule has 0 amide bonds. The molecule has 1 heterocycles. The molecule has 0 atom stereocenters. The van der Waals surface area contributed by atoms with Crippen molar-refractivity contribution in [1.29, 1.82) is 0 Å². The van der Waals surface area contributed by atoms with Gasteiger partial charge in [-0.25, -0.2) is 9.49 Å². The highest BCUT2D eigenvalue weighted by Crippen LogP contribution is 2.24. The summed E-state index contributed by atoms with van der Waals surface area (Å²) in [6, 6.07) is 11.4. The van der Waals surface area contributed by atoms with Crippen LogP contribution in [0.15, 0.2) is 47.6 Å². The summed E-state index contributed by atoms with van der Waals surface area (Å²) in [6.07, 6.45) is 1.50. The molecule has 0 aliphatic rings. The molecule has 140 valence electrons. The van der Waals surface area contributed by atoms with E-state index in [9.17, 15) is 9.50 Å². The normalized spacial score (nSPS) is 11.2. The summed E-state index contributed by atoms with van der Waals surface area (Å²) in [4.78, 5) is 2.13. The number of halogens is 1. The van der Waals surface area contributed by atoms with Gasteiger partial charge in [0.2, 0.25) is 4.77 Å². The molecule has 2 aromatic carbocycles. The minimum Gasteiger partial charge on any atom is -0.507 e. The fourth-order valence-electron chi connectivity index (χ4n) is 2.76. The van der Waals surface area contributed by atoms with Gasteiger partial charge in [-0.2, -0.15) is 14.9 Å². The monoisotopic (exact) mass is 385 g/mol. The zero-order valence-electron chi connectivity index (χ0n) is 15.1. The van der Waals surface area contributed by atoms with Crippen LogP contribution in [-0.2, 0) is 0 Å². The van der Waals surface area contributed by atoms with Gasteiger partial charge in [0.15, 0.2) is 5.82 Å². The molecule has 1 aromatic heterocycles. The molecular weight excluding hydrogens is 365 g/mol. The molecule has 2 N–H and O–H groups in total. The largest absolute Gasteiger partial charge is 0.507 e. The van der Waals surface area contributed by atoms with E-state index in [1.165, 1.54) is 23.0 Å². The smallest absolute Gasteiger partial charge is 0.216 e. The van der Waals surface area contributed by atoms with E-state index in [4.69, 9.17) is 12.2 Å². The number of phenolic OH excluding ortho intramolecular Hbond substituents is 1. The van der Waals surface area contributed by atoms with Crippen molar-refractivity contribution >= 4 is 24.1 Å². The summed E-state index contributed by atoms with van der Waals surface area (Å²) in [5, 5.41) is 21.4. The zero-order chi connectivity index (χ0) is 19.4. The minimum atomic E-state index is -0.374. The second kappa shape index (κ2) is 8.13. The number of rotatable bonds is 6. The summed E-state index contributed by atoms with van der Waals surface area (Å²) in [7, 11) is 0. The van der Waals surface area contributed by atoms with Gasteiger partial charge in [0.05, 0.1) is 6.21 Å². The van der Waals surface area contributed by atoms with Gasteiger partial charge in [-0.15, -0.1) is 0 Å². The first-order valence-corrected chi connectivity index (χ1v) is 9.00. The molecule has 0 aliphatic carbocycles. The Balaban J connectivity index is 1.93. The van der Waals surface area contributed by atoms with E-state index in [2.05, 4.69) is 34.0 Å². The molecule has 0 saturated heterocycles. The average Bonchev–Trinajstić information content (AvgIpc) is 3.03. The van der Waals surface area contributed by atoms with Crippen LogP contribution < -0.4 is 4.90 Å². The molecule has 0 fully saturated rings. The third kappa shape index (κ3) is 4.06. The van der Waals surface area contributed by atoms with Crippen LogP contribution in [-0.4, -0.2) is 39.3 Å². The highest BCUT2D eigenvalue weighted by molar-refractivity contribution is 7.71. The lowest BCUT2D eigenvalue weighted by Crippen LogP contribution is -2.21. The lowest BCUT2D eigenvalue weighted by molar-refractivity contribution is 0.474. The number of hydrogen-bond acceptors (Lipinski definition) is 5. The summed E-state index contributed by atoms with van der Waals surface area (Å²) < 4.78 is 15.2. The Morgan fingerprint density at radius 3 is 2.70 bits per heavy atom. The third-order valence-corrected chi connectivity index (χ3v) is 4.45. The van der Waals surface area contributed by atoms with Crippen LogP contribution in [0.1, 0.15) is 19.4 Å². The van der Waals surface area contributed by atoms with Crippen molar-refractivity contribution in [1.82, 2.24) is 14.9 Å². The van der Waals surface area contributed by atoms with Crippen molar-refractivity contribution in [2.45, 2.75) is 13.8 Å². The number of anilines is 1. The number of benzene rings is 2. The first kappa shape index (κ1) is 18.8. The number of aromatic amines is 1. The Labute approximate surface area is 161 Å². The van der Waals surface area contributed by atoms with Crippen molar-refractivity contribution in [2.75, 3.05) is 18.0 Å². The topological polar surface area (TPSA) is 69.4 Å². The predicted molar refractivity (Wildman–Crippen MR) is 107 cm³/mol. The maximum atomic E-state index is 13.5. The number of aromatic nitrogens is 3. The van der Waals surface area contributed by atoms with Gasteiger partial charge < -0.3 is 10.0 Å². The molecule has 0 bridgehead atoms. The number of hydrogen-bond donors (Lipinski definition) is 2. The van der Waals surface area contributed by atoms with E-state index >= 15 is 0 Å². The molecule has 0 radical (unpaired) electrons. The first-order chi connectivity index (χ1) is 13.0. The van der Waals surface area contributed by atoms with Crippen molar-refractivity contribution in [3.63, 3.8) is 0 Å². The average molecular weight is 385 g/mol. The lowest BCUT2D eigenvalue weighted by atomic mass is 10.2. The van der Waals surface area contributed by atoms with E-state index in [0.717, 1.165) is 18.8 Å². The van der Waals surface area contributed by atoms with Gasteiger partial charge >= 0.3 is 0 Å². The van der Waals surface area contributed by atoms with Gasteiger partial charge in [0.25, 0.3) is 0 Å². The summed E-state index contributed by atoms with van der Waals surface area (Å²) in [5.74, 6) is 0.127. The Kier molecular flexibility index (Phi) is 5.66. The number of nitrogens with zero attached hydrogens (tertiary/aromatic N) is 4. The molecule has 27 heavy (non-hydrogen) atoms. The van der Waals surface area contributed by atoms with Crippen LogP contribution in [0.5, 0.6) is 5.75 Å². The van der Waals surface area contributed by atoms with Gasteiger partial charge in [-0.1, -0.05) is 12.1 Å². The molecule has 3 rings (SSSR count). The summed E-state index contributed by atoms with van der Waals surface area (Å²) in [6.45, 7) is 5.82. The number of aromatic hydroxyl groups is 1. The highest BCUT2D eigenvalue weighted by atomic mass is 32.1. The minimum absolute atomic E-state index is 0.116. The zero-order valence-corrected chi connectivity index (χ0v) is 15.9. The van der Waals surface area contributed by atoms with Crippen molar-refractivity contribution in [2.24, 2.45) is 5.10 Å². The second-order valence-electron chi connectivity index (χ2n) is 5.83. The van der Waals surface area contributed by atoms with E-state index in [1.54, 1.807) is 24.3 Å². The lowest BCUT2D eigenvalue weighted by Gasteiger charge is -2.21. The fraction of sp³-hybridized carbons (Fsp3) is 0.211. The van der Waals surface area contributed by atoms with Crippen molar-refractivity contribution in [3.8, 4) is 17.1 Å². The van der Waals surface area contributed by atoms with Crippen LogP contribution in [0.4, 0.5) is 10.1 Å². The maximum absolute atomic E-state index is 13.5. The molecule has 8 heteroatoms. The molecule has 3 aromatic rings. The van der Waals surface area contributed by atoms with Crippen LogP contribution in [0, 0.1) is 10.6 Å². The standard InChI is InChI=1S/C19H20FN5OS/c1-3-24(4-2)16-9-8-14(17(26)11-16)12-21-25-18(22-23-19(25)27)13-6-5-7-15(20)10-13/h5-12,26H,3-4H2,1-2H3,(H,23,27)/b21-12+. The van der Waals surface area contributed by atoms with E-state index in [-0.39, 0.29) is 16.3 Å². The van der Waals surface area contributed by atoms with E-state index < -0.39 is 0 Å². The predicted octanol–water partition coefficient (Wildman–Crippen LogP) is 4.18. The Hall–Kier alpha value is -3.00. The van der Waals surface area contributed by atoms with Crippen LogP contribution in [0.2, 0.25) is 0 Å². The molecular formula is C19H20FN5OS. The quantitative estimate of drug-likeness (QED) is 0.493. The highest BCUT2D eigenvalue weighted by Gasteiger charge is 2.10. The third-order valence-electron chi connectivity index (χ3n) is 4.19. The molecule has 0 spiro atoms. The number of phenols is 1. The van der Waals surface area contributed by atoms with Crippen molar-refractivity contribution in [3.05, 3.63) is 58.6 Å². The maximum Gasteiger partial charge on any atom is 0.216 e. The Morgan fingerprint density at radius 1 is 1.26 bits per heavy atom. The molecule has 0 unspecified atom stereocenters. The van der Waals surface area contributed by atoms with Gasteiger partial charge in [-0.3, -0.25) is 0 Å². The molecule has 0 aliphatic heterocycles. The van der Waals surface area contributed by atoms with Crippen LogP contribution in [0.3, 0.4) is 0 Å². The SMILES string of the molecule is CCN(CC)c1ccc(/C=N/n2c(-c3cccc(F)c3)n[nH]c2=S)c(O)c1. The number of nitrogens with one attached hydrogen (secondary N) is 1. The van der Waals surface area contributed by atoms with Gasteiger partial charge in [0, 0.05) is 36.0 Å². The molecule has 0 saturated carbocycles. The van der Waals surface area contributed by atoms with Crippen molar-refractivity contribution < 1.29 is 9.50 Å². The van der Waals surface area contributed by atoms with E-state index in [0.29, 0.717) is 17.0 Å². The van der Waals surface area contributed by atoms with E-state index in [1.807, 2.05) is 6.07 Å².